The molecule has 31 heavy (non-hydrogen) atoms. The fraction of sp³-hybridized carbons (Fsp3) is 0.360. The van der Waals surface area contributed by atoms with Crippen molar-refractivity contribution in [3.8, 4) is 6.07 Å². The number of benzene rings is 1. The van der Waals surface area contributed by atoms with Gasteiger partial charge in [0.15, 0.2) is 5.78 Å². The summed E-state index contributed by atoms with van der Waals surface area (Å²) in [5.74, 6) is 1.09. The third-order valence-corrected chi connectivity index (χ3v) is 8.04. The van der Waals surface area contributed by atoms with E-state index < -0.39 is 5.92 Å². The third kappa shape index (κ3) is 3.81. The van der Waals surface area contributed by atoms with Crippen LogP contribution in [-0.4, -0.2) is 11.5 Å². The minimum absolute atomic E-state index is 0.118. The minimum Gasteiger partial charge on any atom is -0.384 e. The van der Waals surface area contributed by atoms with Crippen molar-refractivity contribution in [3.05, 3.63) is 69.5 Å². The van der Waals surface area contributed by atoms with Gasteiger partial charge in [0.05, 0.1) is 21.8 Å². The van der Waals surface area contributed by atoms with Crippen LogP contribution in [0.4, 0.5) is 5.69 Å². The molecule has 1 aliphatic heterocycles. The van der Waals surface area contributed by atoms with Gasteiger partial charge in [0.25, 0.3) is 0 Å². The molecule has 160 valence electrons. The number of allylic oxidation sites excluding steroid dienone is 3. The van der Waals surface area contributed by atoms with Crippen LogP contribution in [0.25, 0.3) is 0 Å². The summed E-state index contributed by atoms with van der Waals surface area (Å²) in [6, 6.07) is 12.5. The van der Waals surface area contributed by atoms with Gasteiger partial charge in [-0.15, -0.1) is 23.1 Å². The zero-order valence-electron chi connectivity index (χ0n) is 18.4. The lowest BCUT2D eigenvalue weighted by molar-refractivity contribution is -0.118. The number of anilines is 1. The Labute approximate surface area is 192 Å². The summed E-state index contributed by atoms with van der Waals surface area (Å²) in [5.41, 5.74) is 11.7. The number of nitrogens with two attached hydrogens (primary N) is 1. The molecular formula is C25H27N3OS2. The van der Waals surface area contributed by atoms with Crippen LogP contribution in [0.3, 0.4) is 0 Å². The van der Waals surface area contributed by atoms with Crippen molar-refractivity contribution in [2.75, 3.05) is 10.7 Å². The van der Waals surface area contributed by atoms with Crippen molar-refractivity contribution < 1.29 is 4.79 Å². The van der Waals surface area contributed by atoms with Gasteiger partial charge in [0.1, 0.15) is 5.82 Å². The molecule has 0 radical (unpaired) electrons. The maximum atomic E-state index is 13.6. The van der Waals surface area contributed by atoms with E-state index in [1.165, 1.54) is 0 Å². The zero-order chi connectivity index (χ0) is 22.3. The predicted molar refractivity (Wildman–Crippen MR) is 129 cm³/mol. The molecule has 0 fully saturated rings. The van der Waals surface area contributed by atoms with Gasteiger partial charge < -0.3 is 5.73 Å². The molecule has 0 unspecified atom stereocenters. The highest BCUT2D eigenvalue weighted by molar-refractivity contribution is 8.01. The third-order valence-electron chi connectivity index (χ3n) is 5.89. The summed E-state index contributed by atoms with van der Waals surface area (Å²) in [6.45, 7) is 8.40. The van der Waals surface area contributed by atoms with Gasteiger partial charge in [-0.3, -0.25) is 9.69 Å². The highest BCUT2D eigenvalue weighted by Gasteiger charge is 2.45. The molecule has 0 spiro atoms. The molecule has 1 atom stereocenters. The summed E-state index contributed by atoms with van der Waals surface area (Å²) in [4.78, 5) is 15.5. The quantitative estimate of drug-likeness (QED) is 0.570. The first kappa shape index (κ1) is 21.7. The first-order valence-corrected chi connectivity index (χ1v) is 12.4. The first-order valence-electron chi connectivity index (χ1n) is 10.5. The summed E-state index contributed by atoms with van der Waals surface area (Å²) >= 11 is 3.42. The largest absolute Gasteiger partial charge is 0.384 e. The number of thioether (sulfide) groups is 1. The molecule has 2 N–H and O–H groups in total. The fourth-order valence-electron chi connectivity index (χ4n) is 4.65. The van der Waals surface area contributed by atoms with Gasteiger partial charge in [-0.05, 0) is 59.2 Å². The maximum absolute atomic E-state index is 13.6. The number of hydrogen-bond acceptors (Lipinski definition) is 6. The van der Waals surface area contributed by atoms with Gasteiger partial charge in [0, 0.05) is 23.4 Å². The molecular weight excluding hydrogens is 422 g/mol. The topological polar surface area (TPSA) is 70.1 Å². The Bertz CT molecular complexity index is 1150. The van der Waals surface area contributed by atoms with E-state index in [0.29, 0.717) is 17.8 Å². The number of aryl methyl sites for hydroxylation is 1. The van der Waals surface area contributed by atoms with Gasteiger partial charge in [-0.2, -0.15) is 5.26 Å². The predicted octanol–water partition coefficient (Wildman–Crippen LogP) is 6.11. The van der Waals surface area contributed by atoms with E-state index in [9.17, 15) is 10.1 Å². The molecule has 0 saturated carbocycles. The van der Waals surface area contributed by atoms with Gasteiger partial charge >= 0.3 is 0 Å². The Hall–Kier alpha value is -2.49. The van der Waals surface area contributed by atoms with E-state index in [1.807, 2.05) is 35.4 Å². The summed E-state index contributed by atoms with van der Waals surface area (Å²) in [5, 5.41) is 12.2. The molecule has 1 aromatic carbocycles. The standard InChI is InChI=1S/C25H27N3OS2/c1-5-30-24-17(9-10-31-24)21-18(14-26)23(27)28(16-8-6-7-15(2)11-16)19-12-25(3,4)13-20(29)22(19)21/h6-11,21H,5,12-13,27H2,1-4H3/t21-/m1/s1. The smallest absolute Gasteiger partial charge is 0.162 e. The number of rotatable bonds is 4. The lowest BCUT2D eigenvalue weighted by atomic mass is 9.69. The monoisotopic (exact) mass is 449 g/mol. The van der Waals surface area contributed by atoms with Crippen LogP contribution >= 0.6 is 23.1 Å². The van der Waals surface area contributed by atoms with Crippen molar-refractivity contribution in [1.82, 2.24) is 0 Å². The van der Waals surface area contributed by atoms with Crippen molar-refractivity contribution in [3.63, 3.8) is 0 Å². The van der Waals surface area contributed by atoms with E-state index in [0.717, 1.165) is 44.5 Å². The number of ketones is 1. The highest BCUT2D eigenvalue weighted by Crippen LogP contribution is 2.52. The normalized spacial score (nSPS) is 20.7. The molecule has 0 saturated heterocycles. The first-order chi connectivity index (χ1) is 14.8. The van der Waals surface area contributed by atoms with Crippen LogP contribution in [0.5, 0.6) is 0 Å². The molecule has 1 aromatic heterocycles. The highest BCUT2D eigenvalue weighted by atomic mass is 32.2. The Morgan fingerprint density at radius 2 is 2.10 bits per heavy atom. The van der Waals surface area contributed by atoms with E-state index in [-0.39, 0.29) is 11.2 Å². The minimum atomic E-state index is -0.398. The zero-order valence-corrected chi connectivity index (χ0v) is 20.0. The number of nitrogens with zero attached hydrogens (tertiary/aromatic N) is 2. The number of nitriles is 1. The molecule has 4 nitrogen and oxygen atoms in total. The van der Waals surface area contributed by atoms with Crippen LogP contribution < -0.4 is 10.6 Å². The molecule has 2 aromatic rings. The molecule has 0 amide bonds. The van der Waals surface area contributed by atoms with E-state index >= 15 is 0 Å². The van der Waals surface area contributed by atoms with E-state index in [2.05, 4.69) is 39.0 Å². The van der Waals surface area contributed by atoms with Gasteiger partial charge in [0.2, 0.25) is 0 Å². The van der Waals surface area contributed by atoms with Crippen molar-refractivity contribution in [1.29, 1.82) is 5.26 Å². The molecule has 1 aliphatic carbocycles. The molecule has 2 heterocycles. The number of carbonyl (C=O) groups excluding carboxylic acids is 1. The van der Waals surface area contributed by atoms with Gasteiger partial charge in [-0.25, -0.2) is 0 Å². The number of hydrogen-bond donors (Lipinski definition) is 1. The lowest BCUT2D eigenvalue weighted by Crippen LogP contribution is -2.42. The van der Waals surface area contributed by atoms with Crippen LogP contribution in [0, 0.1) is 23.7 Å². The van der Waals surface area contributed by atoms with Crippen molar-refractivity contribution in [2.24, 2.45) is 11.1 Å². The summed E-state index contributed by atoms with van der Waals surface area (Å²) < 4.78 is 1.15. The number of thiophene rings is 1. The average molecular weight is 450 g/mol. The Morgan fingerprint density at radius 3 is 2.77 bits per heavy atom. The Morgan fingerprint density at radius 1 is 1.32 bits per heavy atom. The van der Waals surface area contributed by atoms with E-state index in [4.69, 9.17) is 5.73 Å². The SMILES string of the molecule is CCSc1sccc1[C@@H]1C(C#N)=C(N)N(c2cccc(C)c2)C2=C1C(=O)CC(C)(C)C2. The second-order valence-electron chi connectivity index (χ2n) is 8.92. The van der Waals surface area contributed by atoms with Crippen LogP contribution in [0.15, 0.2) is 62.6 Å². The average Bonchev–Trinajstić information content (AvgIpc) is 3.14. The van der Waals surface area contributed by atoms with E-state index in [1.54, 1.807) is 23.1 Å². The fourth-order valence-corrected chi connectivity index (χ4v) is 6.72. The second-order valence-corrected chi connectivity index (χ2v) is 11.4. The number of Topliss-reactive ketones (excluding diaryl/α,β-unsaturated/α-hetero) is 1. The molecule has 4 rings (SSSR count). The van der Waals surface area contributed by atoms with Crippen LogP contribution in [0.1, 0.15) is 50.7 Å². The van der Waals surface area contributed by atoms with Gasteiger partial charge in [-0.1, -0.05) is 32.9 Å². The maximum Gasteiger partial charge on any atom is 0.162 e. The van der Waals surface area contributed by atoms with Crippen molar-refractivity contribution >= 4 is 34.6 Å². The molecule has 2 aliphatic rings. The molecule has 0 bridgehead atoms. The summed E-state index contributed by atoms with van der Waals surface area (Å²) in [7, 11) is 0. The molecule has 6 heteroatoms. The number of carbonyl (C=O) groups is 1. The Kier molecular flexibility index (Phi) is 5.76. The van der Waals surface area contributed by atoms with Crippen molar-refractivity contribution in [2.45, 2.75) is 50.7 Å². The van der Waals surface area contributed by atoms with Crippen LogP contribution in [0.2, 0.25) is 0 Å². The second kappa shape index (κ2) is 8.22. The lowest BCUT2D eigenvalue weighted by Gasteiger charge is -2.43. The Balaban J connectivity index is 2.00. The van der Waals surface area contributed by atoms with Crippen LogP contribution in [-0.2, 0) is 4.79 Å². The summed E-state index contributed by atoms with van der Waals surface area (Å²) in [6.07, 6.45) is 1.21.